The monoisotopic (exact) mass is 397 g/mol. The van der Waals surface area contributed by atoms with Gasteiger partial charge in [-0.1, -0.05) is 30.7 Å². The molecule has 4 aromatic rings. The number of aromatic nitrogens is 3. The molecular formula is C19H19N5OS2. The quantitative estimate of drug-likeness (QED) is 0.446. The number of aryl methyl sites for hydroxylation is 2. The third kappa shape index (κ3) is 3.72. The fourth-order valence-electron chi connectivity index (χ4n) is 2.88. The van der Waals surface area contributed by atoms with E-state index in [2.05, 4.69) is 34.3 Å². The predicted octanol–water partition coefficient (Wildman–Crippen LogP) is 5.51. The topological polar surface area (TPSA) is 89.9 Å². The fraction of sp³-hybridized carbons (Fsp3) is 0.211. The van der Waals surface area contributed by atoms with Crippen molar-refractivity contribution >= 4 is 38.6 Å². The lowest BCUT2D eigenvalue weighted by atomic mass is 10.0. The summed E-state index contributed by atoms with van der Waals surface area (Å²) >= 11 is 3.03. The third-order valence-corrected chi connectivity index (χ3v) is 5.87. The molecule has 3 N–H and O–H groups in total. The molecule has 0 bridgehead atoms. The first-order valence-electron chi connectivity index (χ1n) is 8.62. The lowest BCUT2D eigenvalue weighted by Gasteiger charge is -2.11. The van der Waals surface area contributed by atoms with E-state index in [1.54, 1.807) is 23.8 Å². The minimum Gasteiger partial charge on any atom is -0.445 e. The Labute approximate surface area is 165 Å². The smallest absolute Gasteiger partial charge is 0.225 e. The Bertz CT molecular complexity index is 1050. The average Bonchev–Trinajstić information content (AvgIpc) is 3.38. The van der Waals surface area contributed by atoms with Gasteiger partial charge in [-0.05, 0) is 31.0 Å². The molecule has 0 fully saturated rings. The molecule has 1 aromatic carbocycles. The zero-order chi connectivity index (χ0) is 18.8. The van der Waals surface area contributed by atoms with Gasteiger partial charge in [-0.15, -0.1) is 11.3 Å². The molecule has 3 heterocycles. The Morgan fingerprint density at radius 2 is 2.15 bits per heavy atom. The molecule has 0 radical (unpaired) electrons. The van der Waals surface area contributed by atoms with Crippen molar-refractivity contribution < 1.29 is 4.42 Å². The van der Waals surface area contributed by atoms with Gasteiger partial charge in [0.1, 0.15) is 6.26 Å². The first-order valence-corrected chi connectivity index (χ1v) is 10.3. The second kappa shape index (κ2) is 7.50. The van der Waals surface area contributed by atoms with Gasteiger partial charge in [-0.2, -0.15) is 0 Å². The van der Waals surface area contributed by atoms with E-state index >= 15 is 0 Å². The maximum absolute atomic E-state index is 5.82. The number of thiazole rings is 2. The summed E-state index contributed by atoms with van der Waals surface area (Å²) in [6, 6.07) is 6.22. The summed E-state index contributed by atoms with van der Waals surface area (Å²) in [7, 11) is 0. The van der Waals surface area contributed by atoms with Crippen molar-refractivity contribution in [2.75, 3.05) is 11.1 Å². The highest BCUT2D eigenvalue weighted by atomic mass is 32.1. The van der Waals surface area contributed by atoms with Crippen LogP contribution in [0.3, 0.4) is 0 Å². The Morgan fingerprint density at radius 3 is 2.85 bits per heavy atom. The van der Waals surface area contributed by atoms with E-state index in [1.165, 1.54) is 16.9 Å². The van der Waals surface area contributed by atoms with Gasteiger partial charge in [-0.3, -0.25) is 0 Å². The highest BCUT2D eigenvalue weighted by Gasteiger charge is 2.14. The Hall–Kier alpha value is -2.71. The van der Waals surface area contributed by atoms with E-state index in [9.17, 15) is 0 Å². The van der Waals surface area contributed by atoms with E-state index in [-0.39, 0.29) is 0 Å². The maximum atomic E-state index is 5.82. The van der Waals surface area contributed by atoms with Crippen molar-refractivity contribution in [3.05, 3.63) is 47.3 Å². The zero-order valence-electron chi connectivity index (χ0n) is 15.0. The summed E-state index contributed by atoms with van der Waals surface area (Å²) in [4.78, 5) is 14.3. The van der Waals surface area contributed by atoms with Gasteiger partial charge < -0.3 is 15.5 Å². The largest absolute Gasteiger partial charge is 0.445 e. The van der Waals surface area contributed by atoms with E-state index < -0.39 is 0 Å². The van der Waals surface area contributed by atoms with Crippen LogP contribution in [0.25, 0.3) is 22.0 Å². The van der Waals surface area contributed by atoms with Crippen LogP contribution in [0, 0.1) is 6.92 Å². The molecule has 0 aliphatic carbocycles. The van der Waals surface area contributed by atoms with Crippen LogP contribution in [-0.4, -0.2) is 15.0 Å². The third-order valence-electron chi connectivity index (χ3n) is 4.10. The molecule has 0 amide bonds. The Balaban J connectivity index is 1.65. The number of benzene rings is 1. The fourth-order valence-corrected chi connectivity index (χ4v) is 4.47. The van der Waals surface area contributed by atoms with Crippen molar-refractivity contribution in [3.63, 3.8) is 0 Å². The minimum atomic E-state index is 0.564. The molecule has 6 nitrogen and oxygen atoms in total. The first-order chi connectivity index (χ1) is 13.1. The molecule has 138 valence electrons. The van der Waals surface area contributed by atoms with Gasteiger partial charge in [0.15, 0.2) is 10.3 Å². The van der Waals surface area contributed by atoms with Crippen molar-refractivity contribution in [1.82, 2.24) is 15.0 Å². The number of nitrogens with zero attached hydrogens (tertiary/aromatic N) is 3. The van der Waals surface area contributed by atoms with Gasteiger partial charge in [0, 0.05) is 16.6 Å². The van der Waals surface area contributed by atoms with Gasteiger partial charge in [0.25, 0.3) is 0 Å². The minimum absolute atomic E-state index is 0.564. The standard InChI is InChI=1S/C19H19N5OS2/c1-3-4-12-5-6-13(17-21-7-8-25-17)9-14(12)23-19-24-15(10-26-19)16-11(2)22-18(20)27-16/h5-10H,3-4H2,1-2H3,(H2,20,22)(H,23,24). The molecule has 3 aromatic heterocycles. The number of anilines is 3. The Morgan fingerprint density at radius 1 is 1.26 bits per heavy atom. The van der Waals surface area contributed by atoms with Gasteiger partial charge in [0.05, 0.1) is 22.5 Å². The second-order valence-electron chi connectivity index (χ2n) is 6.09. The van der Waals surface area contributed by atoms with Crippen molar-refractivity contribution in [2.45, 2.75) is 26.7 Å². The molecule has 27 heavy (non-hydrogen) atoms. The van der Waals surface area contributed by atoms with Crippen LogP contribution in [0.1, 0.15) is 24.6 Å². The summed E-state index contributed by atoms with van der Waals surface area (Å²) in [5, 5.41) is 6.89. The van der Waals surface area contributed by atoms with Crippen LogP contribution in [0.15, 0.2) is 40.5 Å². The van der Waals surface area contributed by atoms with E-state index in [0.717, 1.165) is 45.5 Å². The normalized spacial score (nSPS) is 11.0. The number of nitrogens with one attached hydrogen (secondary N) is 1. The van der Waals surface area contributed by atoms with Crippen LogP contribution in [0.5, 0.6) is 0 Å². The summed E-state index contributed by atoms with van der Waals surface area (Å²) in [6.07, 6.45) is 5.28. The molecule has 0 spiro atoms. The van der Waals surface area contributed by atoms with E-state index in [0.29, 0.717) is 11.0 Å². The highest BCUT2D eigenvalue weighted by Crippen LogP contribution is 2.35. The van der Waals surface area contributed by atoms with Crippen molar-refractivity contribution in [3.8, 4) is 22.0 Å². The van der Waals surface area contributed by atoms with Crippen molar-refractivity contribution in [1.29, 1.82) is 0 Å². The highest BCUT2D eigenvalue weighted by molar-refractivity contribution is 7.19. The van der Waals surface area contributed by atoms with Crippen LogP contribution in [0.2, 0.25) is 0 Å². The van der Waals surface area contributed by atoms with Gasteiger partial charge >= 0.3 is 0 Å². The number of rotatable bonds is 6. The summed E-state index contributed by atoms with van der Waals surface area (Å²) < 4.78 is 5.43. The van der Waals surface area contributed by atoms with Gasteiger partial charge in [-0.25, -0.2) is 15.0 Å². The van der Waals surface area contributed by atoms with Crippen LogP contribution >= 0.6 is 22.7 Å². The molecule has 0 saturated heterocycles. The molecule has 0 aliphatic rings. The molecule has 0 saturated carbocycles. The predicted molar refractivity (Wildman–Crippen MR) is 112 cm³/mol. The number of nitrogens with two attached hydrogens (primary N) is 1. The molecule has 0 atom stereocenters. The molecule has 0 aliphatic heterocycles. The first kappa shape index (κ1) is 17.7. The number of hydrogen-bond acceptors (Lipinski definition) is 8. The number of oxazole rings is 1. The van der Waals surface area contributed by atoms with Crippen molar-refractivity contribution in [2.24, 2.45) is 0 Å². The summed E-state index contributed by atoms with van der Waals surface area (Å²) in [5.74, 6) is 0.608. The Kier molecular flexibility index (Phi) is 4.91. The molecular weight excluding hydrogens is 378 g/mol. The number of hydrogen-bond donors (Lipinski definition) is 2. The maximum Gasteiger partial charge on any atom is 0.225 e. The number of nitrogen functional groups attached to an aromatic ring is 1. The average molecular weight is 398 g/mol. The van der Waals surface area contributed by atoms with E-state index in [1.807, 2.05) is 18.4 Å². The lowest BCUT2D eigenvalue weighted by molar-refractivity contribution is 0.574. The van der Waals surface area contributed by atoms with Crippen LogP contribution in [0.4, 0.5) is 16.0 Å². The molecule has 4 rings (SSSR count). The zero-order valence-corrected chi connectivity index (χ0v) is 16.7. The molecule has 0 unspecified atom stereocenters. The van der Waals surface area contributed by atoms with Crippen LogP contribution in [-0.2, 0) is 6.42 Å². The van der Waals surface area contributed by atoms with E-state index in [4.69, 9.17) is 15.1 Å². The summed E-state index contributed by atoms with van der Waals surface area (Å²) in [6.45, 7) is 4.12. The van der Waals surface area contributed by atoms with Crippen LogP contribution < -0.4 is 11.1 Å². The lowest BCUT2D eigenvalue weighted by Crippen LogP contribution is -1.97. The summed E-state index contributed by atoms with van der Waals surface area (Å²) in [5.41, 5.74) is 10.8. The second-order valence-corrected chi connectivity index (χ2v) is 7.98. The molecule has 8 heteroatoms. The SMILES string of the molecule is CCCc1ccc(-c2ncco2)cc1Nc1nc(-c2sc(N)nc2C)cs1. The van der Waals surface area contributed by atoms with Gasteiger partial charge in [0.2, 0.25) is 5.89 Å².